The maximum absolute atomic E-state index is 12.6. The van der Waals surface area contributed by atoms with Crippen molar-refractivity contribution in [3.05, 3.63) is 63.7 Å². The minimum atomic E-state index is -0.0689. The molecule has 2 nitrogen and oxygen atoms in total. The summed E-state index contributed by atoms with van der Waals surface area (Å²) in [5, 5.41) is 0.595. The molecule has 98 valence electrons. The summed E-state index contributed by atoms with van der Waals surface area (Å²) < 4.78 is 5.26. The second kappa shape index (κ2) is 5.45. The highest BCUT2D eigenvalue weighted by Gasteiger charge is 2.17. The summed E-state index contributed by atoms with van der Waals surface area (Å²) in [6.45, 7) is 3.79. The van der Waals surface area contributed by atoms with Crippen LogP contribution in [0.15, 0.2) is 36.4 Å². The standard InChI is InChI=1S/C16H15ClO2/c1-10-7-8-15(19-3)13(9-10)16(18)12-5-4-6-14(17)11(12)2/h4-9H,1-3H3. The smallest absolute Gasteiger partial charge is 0.197 e. The van der Waals surface area contributed by atoms with Gasteiger partial charge in [0.05, 0.1) is 12.7 Å². The number of hydrogen-bond acceptors (Lipinski definition) is 2. The van der Waals surface area contributed by atoms with E-state index in [2.05, 4.69) is 0 Å². The molecule has 0 saturated carbocycles. The fraction of sp³-hybridized carbons (Fsp3) is 0.188. The molecule has 0 N–H and O–H groups in total. The Labute approximate surface area is 118 Å². The number of ether oxygens (including phenoxy) is 1. The molecule has 3 heteroatoms. The fourth-order valence-corrected chi connectivity index (χ4v) is 2.17. The van der Waals surface area contributed by atoms with Crippen LogP contribution in [0.25, 0.3) is 0 Å². The lowest BCUT2D eigenvalue weighted by Gasteiger charge is -2.11. The SMILES string of the molecule is COc1ccc(C)cc1C(=O)c1cccc(Cl)c1C. The summed E-state index contributed by atoms with van der Waals surface area (Å²) in [6.07, 6.45) is 0. The molecule has 0 spiro atoms. The minimum Gasteiger partial charge on any atom is -0.496 e. The van der Waals surface area contributed by atoms with Crippen LogP contribution in [-0.2, 0) is 0 Å². The molecule has 0 fully saturated rings. The van der Waals surface area contributed by atoms with Crippen molar-refractivity contribution in [1.29, 1.82) is 0 Å². The van der Waals surface area contributed by atoms with E-state index >= 15 is 0 Å². The number of rotatable bonds is 3. The van der Waals surface area contributed by atoms with Crippen molar-refractivity contribution in [2.24, 2.45) is 0 Å². The molecule has 19 heavy (non-hydrogen) atoms. The largest absolute Gasteiger partial charge is 0.496 e. The average Bonchev–Trinajstić information content (AvgIpc) is 2.41. The van der Waals surface area contributed by atoms with E-state index in [-0.39, 0.29) is 5.78 Å². The molecule has 0 aliphatic carbocycles. The van der Waals surface area contributed by atoms with Gasteiger partial charge in [0, 0.05) is 10.6 Å². The van der Waals surface area contributed by atoms with Crippen LogP contribution in [0.4, 0.5) is 0 Å². The lowest BCUT2D eigenvalue weighted by molar-refractivity contribution is 0.103. The Morgan fingerprint density at radius 1 is 1.11 bits per heavy atom. The van der Waals surface area contributed by atoms with Crippen molar-refractivity contribution in [3.63, 3.8) is 0 Å². The van der Waals surface area contributed by atoms with Gasteiger partial charge in [0.15, 0.2) is 5.78 Å². The minimum absolute atomic E-state index is 0.0689. The third kappa shape index (κ3) is 2.64. The van der Waals surface area contributed by atoms with E-state index < -0.39 is 0 Å². The Bertz CT molecular complexity index is 633. The van der Waals surface area contributed by atoms with Crippen molar-refractivity contribution >= 4 is 17.4 Å². The molecular weight excluding hydrogens is 260 g/mol. The molecule has 0 unspecified atom stereocenters. The zero-order valence-electron chi connectivity index (χ0n) is 11.2. The fourth-order valence-electron chi connectivity index (χ4n) is 2.00. The zero-order valence-corrected chi connectivity index (χ0v) is 11.9. The average molecular weight is 275 g/mol. The van der Waals surface area contributed by atoms with Crippen LogP contribution >= 0.6 is 11.6 Å². The summed E-state index contributed by atoms with van der Waals surface area (Å²) in [7, 11) is 1.56. The van der Waals surface area contributed by atoms with Crippen molar-refractivity contribution in [2.75, 3.05) is 7.11 Å². The quantitative estimate of drug-likeness (QED) is 0.784. The summed E-state index contributed by atoms with van der Waals surface area (Å²) in [4.78, 5) is 12.6. The lowest BCUT2D eigenvalue weighted by atomic mass is 9.97. The van der Waals surface area contributed by atoms with E-state index in [1.54, 1.807) is 25.3 Å². The summed E-state index contributed by atoms with van der Waals surface area (Å²) >= 11 is 6.07. The highest BCUT2D eigenvalue weighted by atomic mass is 35.5. The monoisotopic (exact) mass is 274 g/mol. The number of halogens is 1. The lowest BCUT2D eigenvalue weighted by Crippen LogP contribution is -2.06. The van der Waals surface area contributed by atoms with Gasteiger partial charge in [-0.2, -0.15) is 0 Å². The Kier molecular flexibility index (Phi) is 3.91. The second-order valence-corrected chi connectivity index (χ2v) is 4.85. The van der Waals surface area contributed by atoms with E-state index in [1.165, 1.54) is 0 Å². The molecule has 0 amide bonds. The molecule has 0 radical (unpaired) electrons. The molecule has 0 saturated heterocycles. The Balaban J connectivity index is 2.56. The molecule has 2 aromatic rings. The van der Waals surface area contributed by atoms with E-state index in [0.717, 1.165) is 11.1 Å². The maximum atomic E-state index is 12.6. The van der Waals surface area contributed by atoms with Crippen molar-refractivity contribution in [1.82, 2.24) is 0 Å². The Morgan fingerprint density at radius 3 is 2.53 bits per heavy atom. The van der Waals surface area contributed by atoms with Crippen LogP contribution in [0.5, 0.6) is 5.75 Å². The van der Waals surface area contributed by atoms with Crippen LogP contribution in [0, 0.1) is 13.8 Å². The van der Waals surface area contributed by atoms with Crippen LogP contribution in [0.3, 0.4) is 0 Å². The van der Waals surface area contributed by atoms with Crippen LogP contribution in [0.1, 0.15) is 27.0 Å². The number of ketones is 1. The molecule has 0 atom stereocenters. The van der Waals surface area contributed by atoms with Crippen molar-refractivity contribution < 1.29 is 9.53 Å². The topological polar surface area (TPSA) is 26.3 Å². The first-order chi connectivity index (χ1) is 9.04. The molecule has 0 bridgehead atoms. The maximum Gasteiger partial charge on any atom is 0.197 e. The number of aryl methyl sites for hydroxylation is 1. The number of methoxy groups -OCH3 is 1. The molecule has 0 aliphatic heterocycles. The van der Waals surface area contributed by atoms with Gasteiger partial charge in [-0.05, 0) is 37.6 Å². The van der Waals surface area contributed by atoms with Crippen LogP contribution in [0.2, 0.25) is 5.02 Å². The first-order valence-electron chi connectivity index (χ1n) is 5.99. The van der Waals surface area contributed by atoms with Gasteiger partial charge in [0.25, 0.3) is 0 Å². The highest BCUT2D eigenvalue weighted by Crippen LogP contribution is 2.26. The molecule has 2 aromatic carbocycles. The highest BCUT2D eigenvalue weighted by molar-refractivity contribution is 6.32. The van der Waals surface area contributed by atoms with Crippen molar-refractivity contribution in [2.45, 2.75) is 13.8 Å². The van der Waals surface area contributed by atoms with Gasteiger partial charge in [-0.3, -0.25) is 4.79 Å². The molecule has 0 aliphatic rings. The van der Waals surface area contributed by atoms with Crippen LogP contribution in [-0.4, -0.2) is 12.9 Å². The summed E-state index contributed by atoms with van der Waals surface area (Å²) in [6, 6.07) is 10.9. The zero-order chi connectivity index (χ0) is 14.0. The third-order valence-corrected chi connectivity index (χ3v) is 3.52. The molecular formula is C16H15ClO2. The number of benzene rings is 2. The van der Waals surface area contributed by atoms with Gasteiger partial charge in [0.2, 0.25) is 0 Å². The second-order valence-electron chi connectivity index (χ2n) is 4.45. The third-order valence-electron chi connectivity index (χ3n) is 3.11. The van der Waals surface area contributed by atoms with Gasteiger partial charge in [0.1, 0.15) is 5.75 Å². The predicted molar refractivity (Wildman–Crippen MR) is 77.4 cm³/mol. The van der Waals surface area contributed by atoms with E-state index in [9.17, 15) is 4.79 Å². The number of carbonyl (C=O) groups is 1. The van der Waals surface area contributed by atoms with Gasteiger partial charge >= 0.3 is 0 Å². The van der Waals surface area contributed by atoms with Crippen molar-refractivity contribution in [3.8, 4) is 5.75 Å². The van der Waals surface area contributed by atoms with E-state index in [0.29, 0.717) is 21.9 Å². The molecule has 0 heterocycles. The summed E-state index contributed by atoms with van der Waals surface area (Å²) in [5.41, 5.74) is 2.98. The Morgan fingerprint density at radius 2 is 1.84 bits per heavy atom. The van der Waals surface area contributed by atoms with Gasteiger partial charge in [-0.1, -0.05) is 35.4 Å². The van der Waals surface area contributed by atoms with E-state index in [4.69, 9.17) is 16.3 Å². The Hall–Kier alpha value is -1.80. The van der Waals surface area contributed by atoms with Gasteiger partial charge in [-0.15, -0.1) is 0 Å². The van der Waals surface area contributed by atoms with E-state index in [1.807, 2.05) is 32.0 Å². The molecule has 2 rings (SSSR count). The number of carbonyl (C=O) groups excluding carboxylic acids is 1. The first kappa shape index (κ1) is 13.6. The first-order valence-corrected chi connectivity index (χ1v) is 6.37. The molecule has 0 aromatic heterocycles. The van der Waals surface area contributed by atoms with Gasteiger partial charge < -0.3 is 4.74 Å². The van der Waals surface area contributed by atoms with Crippen LogP contribution < -0.4 is 4.74 Å². The summed E-state index contributed by atoms with van der Waals surface area (Å²) in [5.74, 6) is 0.510. The number of hydrogen-bond donors (Lipinski definition) is 0. The normalized spacial score (nSPS) is 10.3. The predicted octanol–water partition coefficient (Wildman–Crippen LogP) is 4.20. The van der Waals surface area contributed by atoms with Gasteiger partial charge in [-0.25, -0.2) is 0 Å².